The average molecular weight is 555 g/mol. The van der Waals surface area contributed by atoms with Gasteiger partial charge in [0.25, 0.3) is 0 Å². The maximum absolute atomic E-state index is 14.2. The highest BCUT2D eigenvalue weighted by Crippen LogP contribution is 2.75. The molecule has 4 saturated carbocycles. The fourth-order valence-corrected chi connectivity index (χ4v) is 11.7. The lowest BCUT2D eigenvalue weighted by Gasteiger charge is -2.71. The third-order valence-electron chi connectivity index (χ3n) is 14.7. The topological polar surface area (TPSA) is 52.6 Å². The largest absolute Gasteiger partial charge is 0.393 e. The molecule has 0 heterocycles. The van der Waals surface area contributed by atoms with Crippen molar-refractivity contribution in [2.45, 2.75) is 133 Å². The zero-order chi connectivity index (χ0) is 29.4. The molecule has 4 fully saturated rings. The Morgan fingerprint density at radius 1 is 0.925 bits per heavy atom. The molecule has 0 aromatic carbocycles. The van der Waals surface area contributed by atoms with Gasteiger partial charge in [0, 0.05) is 13.1 Å². The highest BCUT2D eigenvalue weighted by molar-refractivity contribution is 5.84. The third kappa shape index (κ3) is 4.30. The van der Waals surface area contributed by atoms with Gasteiger partial charge in [-0.3, -0.25) is 4.79 Å². The number of nitrogens with one attached hydrogen (secondary N) is 1. The van der Waals surface area contributed by atoms with E-state index < -0.39 is 0 Å². The van der Waals surface area contributed by atoms with Crippen molar-refractivity contribution in [1.29, 1.82) is 0 Å². The van der Waals surface area contributed by atoms with Crippen molar-refractivity contribution in [3.8, 4) is 0 Å². The number of rotatable bonds is 6. The summed E-state index contributed by atoms with van der Waals surface area (Å²) in [6, 6.07) is 0. The molecule has 4 heteroatoms. The molecule has 1 unspecified atom stereocenters. The molecule has 5 aliphatic rings. The number of nitrogens with zero attached hydrogens (tertiary/aromatic N) is 1. The number of likely N-dealkylation sites (N-methyl/N-ethyl adjacent to an activating group) is 1. The van der Waals surface area contributed by atoms with Gasteiger partial charge in [-0.1, -0.05) is 74.0 Å². The SMILES string of the molecule is CCN(CC)CCNC(=O)[C@]12CCC(C)(C)C[C@H]1C1=CC[C@@H]3[C@@]4(C)CC[C@H](O)C(C)(C)C4CC[C@@]3(C)[C@]1(C)CC2. The minimum absolute atomic E-state index is 0.0163. The molecule has 228 valence electrons. The molecule has 0 radical (unpaired) electrons. The number of carbonyl (C=O) groups is 1. The standard InChI is InChI=1S/C36H62N2O2/c1-10-38(11-2)23-22-37-30(40)36-20-18-31(3,4)24-26(36)25-12-13-28-33(7)16-15-29(39)32(5,6)27(33)14-17-35(28,9)34(25,8)19-21-36/h12,26-29,39H,10-11,13-24H2,1-9H3,(H,37,40)/t26-,27?,28+,29-,33-,34+,35+,36-/m0/s1. The summed E-state index contributed by atoms with van der Waals surface area (Å²) < 4.78 is 0. The van der Waals surface area contributed by atoms with Crippen molar-refractivity contribution in [2.24, 2.45) is 50.2 Å². The molecule has 0 saturated heterocycles. The first kappa shape index (κ1) is 30.6. The van der Waals surface area contributed by atoms with Crippen LogP contribution >= 0.6 is 0 Å². The summed E-state index contributed by atoms with van der Waals surface area (Å²) in [4.78, 5) is 16.6. The van der Waals surface area contributed by atoms with E-state index >= 15 is 0 Å². The Kier molecular flexibility index (Phi) is 7.73. The molecular formula is C36H62N2O2. The number of aliphatic hydroxyl groups excluding tert-OH is 1. The second-order valence-corrected chi connectivity index (χ2v) is 17.0. The number of hydrogen-bond acceptors (Lipinski definition) is 3. The molecule has 8 atom stereocenters. The molecule has 0 aliphatic heterocycles. The summed E-state index contributed by atoms with van der Waals surface area (Å²) in [5.41, 5.74) is 2.33. The van der Waals surface area contributed by atoms with Gasteiger partial charge in [-0.05, 0) is 122 Å². The molecular weight excluding hydrogens is 492 g/mol. The maximum atomic E-state index is 14.2. The van der Waals surface area contributed by atoms with E-state index in [9.17, 15) is 9.90 Å². The van der Waals surface area contributed by atoms with E-state index in [-0.39, 0.29) is 38.6 Å². The third-order valence-corrected chi connectivity index (χ3v) is 14.7. The van der Waals surface area contributed by atoms with Crippen LogP contribution in [0.25, 0.3) is 0 Å². The summed E-state index contributed by atoms with van der Waals surface area (Å²) in [5, 5.41) is 14.5. The lowest BCUT2D eigenvalue weighted by atomic mass is 9.33. The number of carbonyl (C=O) groups excluding carboxylic acids is 1. The molecule has 5 aliphatic carbocycles. The smallest absolute Gasteiger partial charge is 0.226 e. The predicted octanol–water partition coefficient (Wildman–Crippen LogP) is 7.61. The van der Waals surface area contributed by atoms with Crippen LogP contribution in [0.4, 0.5) is 0 Å². The first-order valence-electron chi connectivity index (χ1n) is 17.0. The zero-order valence-electron chi connectivity index (χ0n) is 27.6. The van der Waals surface area contributed by atoms with Crippen molar-refractivity contribution in [2.75, 3.05) is 26.2 Å². The maximum Gasteiger partial charge on any atom is 0.226 e. The van der Waals surface area contributed by atoms with Crippen LogP contribution in [0.1, 0.15) is 127 Å². The van der Waals surface area contributed by atoms with Gasteiger partial charge in [-0.15, -0.1) is 0 Å². The van der Waals surface area contributed by atoms with Crippen molar-refractivity contribution in [3.63, 3.8) is 0 Å². The zero-order valence-corrected chi connectivity index (χ0v) is 27.6. The van der Waals surface area contributed by atoms with Crippen LogP contribution in [0.3, 0.4) is 0 Å². The quantitative estimate of drug-likeness (QED) is 0.332. The van der Waals surface area contributed by atoms with Gasteiger partial charge in [0.1, 0.15) is 0 Å². The van der Waals surface area contributed by atoms with E-state index in [0.29, 0.717) is 23.7 Å². The Morgan fingerprint density at radius 2 is 1.60 bits per heavy atom. The first-order valence-corrected chi connectivity index (χ1v) is 17.0. The van der Waals surface area contributed by atoms with E-state index in [0.717, 1.165) is 77.5 Å². The highest BCUT2D eigenvalue weighted by atomic mass is 16.3. The first-order chi connectivity index (χ1) is 18.6. The monoisotopic (exact) mass is 554 g/mol. The van der Waals surface area contributed by atoms with Gasteiger partial charge in [0.2, 0.25) is 5.91 Å². The van der Waals surface area contributed by atoms with Gasteiger partial charge in [-0.2, -0.15) is 0 Å². The minimum atomic E-state index is -0.245. The summed E-state index contributed by atoms with van der Waals surface area (Å²) in [5.74, 6) is 1.92. The predicted molar refractivity (Wildman–Crippen MR) is 166 cm³/mol. The van der Waals surface area contributed by atoms with Gasteiger partial charge < -0.3 is 15.3 Å². The number of hydrogen-bond donors (Lipinski definition) is 2. The van der Waals surface area contributed by atoms with E-state index in [1.54, 1.807) is 5.57 Å². The molecule has 5 rings (SSSR count). The van der Waals surface area contributed by atoms with Gasteiger partial charge in [0.15, 0.2) is 0 Å². The minimum Gasteiger partial charge on any atom is -0.393 e. The van der Waals surface area contributed by atoms with E-state index in [1.807, 2.05) is 0 Å². The van der Waals surface area contributed by atoms with E-state index in [4.69, 9.17) is 0 Å². The number of allylic oxidation sites excluding steroid dienone is 2. The summed E-state index contributed by atoms with van der Waals surface area (Å²) in [7, 11) is 0. The molecule has 1 amide bonds. The Labute approximate surface area is 246 Å². The van der Waals surface area contributed by atoms with Crippen LogP contribution in [-0.2, 0) is 4.79 Å². The van der Waals surface area contributed by atoms with Crippen LogP contribution in [0.2, 0.25) is 0 Å². The fraction of sp³-hybridized carbons (Fsp3) is 0.917. The van der Waals surface area contributed by atoms with Crippen LogP contribution in [0.5, 0.6) is 0 Å². The summed E-state index contributed by atoms with van der Waals surface area (Å²) in [6.45, 7) is 25.6. The van der Waals surface area contributed by atoms with E-state index in [2.05, 4.69) is 78.6 Å². The Bertz CT molecular complexity index is 1010. The molecule has 0 spiro atoms. The Morgan fingerprint density at radius 3 is 2.27 bits per heavy atom. The second kappa shape index (κ2) is 10.1. The van der Waals surface area contributed by atoms with Crippen LogP contribution in [0, 0.1) is 50.2 Å². The van der Waals surface area contributed by atoms with Crippen molar-refractivity contribution in [3.05, 3.63) is 11.6 Å². The van der Waals surface area contributed by atoms with Crippen molar-refractivity contribution in [1.82, 2.24) is 10.2 Å². The Hall–Kier alpha value is -0.870. The number of amides is 1. The van der Waals surface area contributed by atoms with Gasteiger partial charge in [0.05, 0.1) is 11.5 Å². The highest BCUT2D eigenvalue weighted by Gasteiger charge is 2.69. The molecule has 0 aromatic heterocycles. The fourth-order valence-electron chi connectivity index (χ4n) is 11.7. The molecule has 0 bridgehead atoms. The lowest BCUT2D eigenvalue weighted by Crippen LogP contribution is -2.65. The second-order valence-electron chi connectivity index (χ2n) is 17.0. The van der Waals surface area contributed by atoms with Gasteiger partial charge in [-0.25, -0.2) is 0 Å². The van der Waals surface area contributed by atoms with Gasteiger partial charge >= 0.3 is 0 Å². The molecule has 40 heavy (non-hydrogen) atoms. The number of fused-ring (bicyclic) bond motifs is 7. The average Bonchev–Trinajstić information content (AvgIpc) is 2.89. The molecule has 0 aromatic rings. The lowest BCUT2D eigenvalue weighted by molar-refractivity contribution is -0.203. The van der Waals surface area contributed by atoms with E-state index in [1.165, 1.54) is 12.8 Å². The number of aliphatic hydroxyl groups is 1. The van der Waals surface area contributed by atoms with Crippen molar-refractivity contribution < 1.29 is 9.90 Å². The van der Waals surface area contributed by atoms with Crippen LogP contribution < -0.4 is 5.32 Å². The molecule has 4 nitrogen and oxygen atoms in total. The normalized spacial score (nSPS) is 45.4. The summed E-state index contributed by atoms with van der Waals surface area (Å²) in [6.07, 6.45) is 13.7. The Balaban J connectivity index is 1.49. The molecule has 2 N–H and O–H groups in total. The van der Waals surface area contributed by atoms with Crippen LogP contribution in [-0.4, -0.2) is 48.2 Å². The van der Waals surface area contributed by atoms with Crippen molar-refractivity contribution >= 4 is 5.91 Å². The summed E-state index contributed by atoms with van der Waals surface area (Å²) >= 11 is 0. The van der Waals surface area contributed by atoms with Crippen LogP contribution in [0.15, 0.2) is 11.6 Å².